The molecule has 1 aliphatic rings. The third kappa shape index (κ3) is 7.16. The molecule has 0 radical (unpaired) electrons. The van der Waals surface area contributed by atoms with Gasteiger partial charge in [-0.1, -0.05) is 55.1 Å². The number of nitrogens with one attached hydrogen (secondary N) is 1. The molecule has 0 atom stereocenters. The minimum atomic E-state index is -3.91. The van der Waals surface area contributed by atoms with Crippen molar-refractivity contribution in [2.24, 2.45) is 0 Å². The largest absolute Gasteiger partial charge is 0.354 e. The van der Waals surface area contributed by atoms with E-state index in [-0.39, 0.29) is 17.3 Å². The van der Waals surface area contributed by atoms with E-state index in [4.69, 9.17) is 11.6 Å². The number of sulfonamides is 1. The highest BCUT2D eigenvalue weighted by Crippen LogP contribution is 2.28. The fourth-order valence-corrected chi connectivity index (χ4v) is 6.56. The van der Waals surface area contributed by atoms with Crippen molar-refractivity contribution >= 4 is 45.0 Å². The maximum absolute atomic E-state index is 13.2. The quantitative estimate of drug-likeness (QED) is 0.480. The van der Waals surface area contributed by atoms with E-state index in [0.717, 1.165) is 21.7 Å². The molecule has 0 heterocycles. The van der Waals surface area contributed by atoms with Crippen LogP contribution in [0.1, 0.15) is 38.5 Å². The van der Waals surface area contributed by atoms with E-state index in [1.54, 1.807) is 42.5 Å². The Labute approximate surface area is 194 Å². The molecule has 3 rings (SSSR count). The van der Waals surface area contributed by atoms with Gasteiger partial charge in [-0.2, -0.15) is 11.8 Å². The molecule has 1 fully saturated rings. The van der Waals surface area contributed by atoms with E-state index >= 15 is 0 Å². The molecule has 8 heteroatoms. The number of nitrogens with zero attached hydrogens (tertiary/aromatic N) is 1. The van der Waals surface area contributed by atoms with Crippen LogP contribution in [0.4, 0.5) is 5.69 Å². The second-order valence-corrected chi connectivity index (χ2v) is 11.3. The third-order valence-corrected chi connectivity index (χ3v) is 8.75. The van der Waals surface area contributed by atoms with E-state index in [0.29, 0.717) is 17.3 Å². The second kappa shape index (κ2) is 11.8. The molecule has 2 aromatic carbocycles. The zero-order chi connectivity index (χ0) is 22.1. The molecule has 0 bridgehead atoms. The lowest BCUT2D eigenvalue weighted by atomic mass is 10.0. The molecule has 0 unspecified atom stereocenters. The highest BCUT2D eigenvalue weighted by molar-refractivity contribution is 7.99. The number of hydrogen-bond donors (Lipinski definition) is 1. The lowest BCUT2D eigenvalue weighted by molar-refractivity contribution is -0.119. The summed E-state index contributed by atoms with van der Waals surface area (Å²) in [7, 11) is -3.91. The minimum Gasteiger partial charge on any atom is -0.354 e. The van der Waals surface area contributed by atoms with Crippen LogP contribution in [0.15, 0.2) is 59.5 Å². The van der Waals surface area contributed by atoms with Gasteiger partial charge in [-0.25, -0.2) is 8.42 Å². The Balaban J connectivity index is 1.60. The van der Waals surface area contributed by atoms with Crippen LogP contribution in [0.5, 0.6) is 0 Å². The fraction of sp³-hybridized carbons (Fsp3) is 0.435. The smallest absolute Gasteiger partial charge is 0.264 e. The van der Waals surface area contributed by atoms with E-state index < -0.39 is 10.0 Å². The molecular weight excluding hydrogens is 452 g/mol. The first-order valence-corrected chi connectivity index (χ1v) is 13.5. The van der Waals surface area contributed by atoms with E-state index in [1.165, 1.54) is 44.2 Å². The SMILES string of the molecule is O=C(CN(c1cccc(Cl)c1)S(=O)(=O)c1ccccc1)NCCCSC1CCCCC1. The summed E-state index contributed by atoms with van der Waals surface area (Å²) in [5.74, 6) is 0.674. The predicted octanol–water partition coefficient (Wildman–Crippen LogP) is 5.11. The van der Waals surface area contributed by atoms with Crippen LogP contribution < -0.4 is 9.62 Å². The summed E-state index contributed by atoms with van der Waals surface area (Å²) in [5, 5.41) is 4.02. The highest BCUT2D eigenvalue weighted by Gasteiger charge is 2.27. The molecule has 0 aromatic heterocycles. The average Bonchev–Trinajstić information content (AvgIpc) is 2.78. The number of carbonyl (C=O) groups excluding carboxylic acids is 1. The Morgan fingerprint density at radius 2 is 1.81 bits per heavy atom. The normalized spacial score (nSPS) is 14.9. The molecule has 0 saturated heterocycles. The molecule has 5 nitrogen and oxygen atoms in total. The number of anilines is 1. The zero-order valence-electron chi connectivity index (χ0n) is 17.5. The van der Waals surface area contributed by atoms with Crippen molar-refractivity contribution in [2.45, 2.75) is 48.7 Å². The Morgan fingerprint density at radius 1 is 1.06 bits per heavy atom. The Morgan fingerprint density at radius 3 is 2.52 bits per heavy atom. The third-order valence-electron chi connectivity index (χ3n) is 5.26. The Kier molecular flexibility index (Phi) is 9.11. The van der Waals surface area contributed by atoms with Gasteiger partial charge in [-0.15, -0.1) is 0 Å². The van der Waals surface area contributed by atoms with Gasteiger partial charge in [0, 0.05) is 16.8 Å². The number of hydrogen-bond acceptors (Lipinski definition) is 4. The molecule has 0 aliphatic heterocycles. The summed E-state index contributed by atoms with van der Waals surface area (Å²) in [5.41, 5.74) is 0.361. The number of amides is 1. The van der Waals surface area contributed by atoms with Crippen molar-refractivity contribution in [1.29, 1.82) is 0 Å². The van der Waals surface area contributed by atoms with Crippen LogP contribution in [0, 0.1) is 0 Å². The van der Waals surface area contributed by atoms with Crippen molar-refractivity contribution < 1.29 is 13.2 Å². The number of benzene rings is 2. The van der Waals surface area contributed by atoms with Gasteiger partial charge in [0.25, 0.3) is 10.0 Å². The number of thioether (sulfide) groups is 1. The lowest BCUT2D eigenvalue weighted by Crippen LogP contribution is -2.41. The molecule has 0 spiro atoms. The molecular formula is C23H29ClN2O3S2. The highest BCUT2D eigenvalue weighted by atomic mass is 35.5. The van der Waals surface area contributed by atoms with Crippen molar-refractivity contribution in [3.05, 3.63) is 59.6 Å². The van der Waals surface area contributed by atoms with E-state index in [2.05, 4.69) is 5.32 Å². The second-order valence-electron chi connectivity index (χ2n) is 7.64. The number of rotatable bonds is 10. The van der Waals surface area contributed by atoms with Gasteiger partial charge in [0.15, 0.2) is 0 Å². The van der Waals surface area contributed by atoms with E-state index in [1.807, 2.05) is 11.8 Å². The predicted molar refractivity (Wildman–Crippen MR) is 129 cm³/mol. The van der Waals surface area contributed by atoms with Crippen LogP contribution in [-0.2, 0) is 14.8 Å². The summed E-state index contributed by atoms with van der Waals surface area (Å²) in [6.45, 7) is 0.237. The van der Waals surface area contributed by atoms with Crippen molar-refractivity contribution in [2.75, 3.05) is 23.1 Å². The lowest BCUT2D eigenvalue weighted by Gasteiger charge is -2.24. The van der Waals surface area contributed by atoms with Crippen LogP contribution >= 0.6 is 23.4 Å². The Bertz CT molecular complexity index is 948. The van der Waals surface area contributed by atoms with Crippen molar-refractivity contribution in [3.8, 4) is 0 Å². The Hall–Kier alpha value is -1.70. The first-order valence-electron chi connectivity index (χ1n) is 10.7. The zero-order valence-corrected chi connectivity index (χ0v) is 19.9. The van der Waals surface area contributed by atoms with Crippen molar-refractivity contribution in [3.63, 3.8) is 0 Å². The molecule has 31 heavy (non-hydrogen) atoms. The molecule has 1 amide bonds. The molecule has 1 aliphatic carbocycles. The first kappa shape index (κ1) is 24.0. The summed E-state index contributed by atoms with van der Waals surface area (Å²) in [4.78, 5) is 12.7. The van der Waals surface area contributed by atoms with Gasteiger partial charge < -0.3 is 5.32 Å². The summed E-state index contributed by atoms with van der Waals surface area (Å²) >= 11 is 8.07. The molecule has 1 N–H and O–H groups in total. The van der Waals surface area contributed by atoms with Gasteiger partial charge in [-0.05, 0) is 55.3 Å². The summed E-state index contributed by atoms with van der Waals surface area (Å²) in [6, 6.07) is 14.6. The maximum Gasteiger partial charge on any atom is 0.264 e. The number of carbonyl (C=O) groups is 1. The summed E-state index contributed by atoms with van der Waals surface area (Å²) in [6.07, 6.45) is 7.46. The van der Waals surface area contributed by atoms with E-state index in [9.17, 15) is 13.2 Å². The maximum atomic E-state index is 13.2. The monoisotopic (exact) mass is 480 g/mol. The standard InChI is InChI=1S/C23H29ClN2O3S2/c24-19-9-7-10-20(17-19)26(31(28,29)22-13-5-2-6-14-22)18-23(27)25-15-8-16-30-21-11-3-1-4-12-21/h2,5-7,9-10,13-14,17,21H,1,3-4,8,11-12,15-16,18H2,(H,25,27). The van der Waals surface area contributed by atoms with Crippen molar-refractivity contribution in [1.82, 2.24) is 5.32 Å². The fourth-order valence-electron chi connectivity index (χ4n) is 3.63. The topological polar surface area (TPSA) is 66.5 Å². The van der Waals surface area contributed by atoms with Gasteiger partial charge in [0.1, 0.15) is 6.54 Å². The van der Waals surface area contributed by atoms with Crippen LogP contribution in [0.3, 0.4) is 0 Å². The van der Waals surface area contributed by atoms with Gasteiger partial charge in [-0.3, -0.25) is 9.10 Å². The molecule has 1 saturated carbocycles. The number of halogens is 1. The summed E-state index contributed by atoms with van der Waals surface area (Å²) < 4.78 is 27.6. The van der Waals surface area contributed by atoms with Crippen LogP contribution in [0.25, 0.3) is 0 Å². The van der Waals surface area contributed by atoms with Gasteiger partial charge in [0.2, 0.25) is 5.91 Å². The van der Waals surface area contributed by atoms with Crippen LogP contribution in [-0.4, -0.2) is 38.4 Å². The first-order chi connectivity index (χ1) is 15.0. The minimum absolute atomic E-state index is 0.131. The van der Waals surface area contributed by atoms with Gasteiger partial charge >= 0.3 is 0 Å². The molecule has 168 valence electrons. The molecule has 2 aromatic rings. The van der Waals surface area contributed by atoms with Gasteiger partial charge in [0.05, 0.1) is 10.6 Å². The average molecular weight is 481 g/mol. The van der Waals surface area contributed by atoms with Crippen LogP contribution in [0.2, 0.25) is 5.02 Å².